The van der Waals surface area contributed by atoms with Crippen molar-refractivity contribution in [3.8, 4) is 17.6 Å². The first-order valence-electron chi connectivity index (χ1n) is 6.20. The van der Waals surface area contributed by atoms with Gasteiger partial charge < -0.3 is 9.47 Å². The molecule has 0 unspecified atom stereocenters. The highest BCUT2D eigenvalue weighted by Crippen LogP contribution is 2.37. The molecule has 0 atom stereocenters. The van der Waals surface area contributed by atoms with Gasteiger partial charge in [0.15, 0.2) is 11.5 Å². The predicted molar refractivity (Wildman–Crippen MR) is 83.5 cm³/mol. The molecule has 0 spiro atoms. The molecule has 0 heterocycles. The number of benzene rings is 2. The summed E-state index contributed by atoms with van der Waals surface area (Å²) < 4.78 is 10.7. The Kier molecular flexibility index (Phi) is 4.93. The standard InChI is InChI=1S/C15H9BrN2O5/c1-22-13-7-9(8-17)6-12(16)14(13)23-15(19)10-2-4-11(5-3-10)18(20)21/h2-7H,1H3. The van der Waals surface area contributed by atoms with Crippen LogP contribution in [-0.4, -0.2) is 18.0 Å². The maximum Gasteiger partial charge on any atom is 0.343 e. The van der Waals surface area contributed by atoms with Gasteiger partial charge in [-0.3, -0.25) is 10.1 Å². The lowest BCUT2D eigenvalue weighted by Gasteiger charge is -2.11. The second-order valence-electron chi connectivity index (χ2n) is 4.29. The van der Waals surface area contributed by atoms with Gasteiger partial charge >= 0.3 is 5.97 Å². The summed E-state index contributed by atoms with van der Waals surface area (Å²) in [7, 11) is 1.38. The summed E-state index contributed by atoms with van der Waals surface area (Å²) in [6.45, 7) is 0. The van der Waals surface area contributed by atoms with E-state index in [1.807, 2.05) is 6.07 Å². The lowest BCUT2D eigenvalue weighted by atomic mass is 10.2. The van der Waals surface area contributed by atoms with Crippen LogP contribution >= 0.6 is 15.9 Å². The van der Waals surface area contributed by atoms with Crippen LogP contribution in [0.4, 0.5) is 5.69 Å². The average molecular weight is 377 g/mol. The second kappa shape index (κ2) is 6.89. The summed E-state index contributed by atoms with van der Waals surface area (Å²) in [5.41, 5.74) is 0.358. The minimum atomic E-state index is -0.705. The van der Waals surface area contributed by atoms with E-state index in [-0.39, 0.29) is 22.7 Å². The normalized spacial score (nSPS) is 9.78. The number of ether oxygens (including phenoxy) is 2. The highest BCUT2D eigenvalue weighted by atomic mass is 79.9. The Morgan fingerprint density at radius 3 is 2.48 bits per heavy atom. The van der Waals surface area contributed by atoms with Gasteiger partial charge in [0.1, 0.15) is 0 Å². The third kappa shape index (κ3) is 3.64. The number of nitrogens with zero attached hydrogens (tertiary/aromatic N) is 2. The van der Waals surface area contributed by atoms with Gasteiger partial charge in [-0.1, -0.05) is 0 Å². The Balaban J connectivity index is 2.30. The van der Waals surface area contributed by atoms with E-state index in [0.29, 0.717) is 10.0 Å². The predicted octanol–water partition coefficient (Wildman–Crippen LogP) is 3.46. The van der Waals surface area contributed by atoms with Gasteiger partial charge in [0.05, 0.1) is 33.7 Å². The van der Waals surface area contributed by atoms with Gasteiger partial charge in [-0.25, -0.2) is 4.79 Å². The van der Waals surface area contributed by atoms with E-state index in [1.165, 1.54) is 43.5 Å². The third-order valence-electron chi connectivity index (χ3n) is 2.87. The summed E-state index contributed by atoms with van der Waals surface area (Å²) >= 11 is 3.21. The van der Waals surface area contributed by atoms with Crippen LogP contribution in [0.25, 0.3) is 0 Å². The number of nitro benzene ring substituents is 1. The molecule has 2 aromatic carbocycles. The van der Waals surface area contributed by atoms with Gasteiger partial charge in [-0.2, -0.15) is 5.26 Å². The summed E-state index contributed by atoms with van der Waals surface area (Å²) in [5.74, 6) is -0.371. The highest BCUT2D eigenvalue weighted by molar-refractivity contribution is 9.10. The fraction of sp³-hybridized carbons (Fsp3) is 0.0667. The van der Waals surface area contributed by atoms with Crippen molar-refractivity contribution in [2.45, 2.75) is 0 Å². The molecule has 23 heavy (non-hydrogen) atoms. The van der Waals surface area contributed by atoms with Crippen LogP contribution in [0.1, 0.15) is 15.9 Å². The Hall–Kier alpha value is -2.92. The maximum absolute atomic E-state index is 12.1. The van der Waals surface area contributed by atoms with Crippen LogP contribution in [0.3, 0.4) is 0 Å². The molecule has 0 radical (unpaired) electrons. The lowest BCUT2D eigenvalue weighted by Crippen LogP contribution is -2.10. The van der Waals surface area contributed by atoms with Crippen molar-refractivity contribution in [3.63, 3.8) is 0 Å². The Morgan fingerprint density at radius 2 is 1.96 bits per heavy atom. The van der Waals surface area contributed by atoms with Gasteiger partial charge in [0, 0.05) is 18.2 Å². The highest BCUT2D eigenvalue weighted by Gasteiger charge is 2.17. The molecule has 0 aliphatic heterocycles. The van der Waals surface area contributed by atoms with Crippen molar-refractivity contribution in [2.75, 3.05) is 7.11 Å². The molecule has 0 amide bonds. The molecule has 0 bridgehead atoms. The van der Waals surface area contributed by atoms with Gasteiger partial charge in [0.25, 0.3) is 5.69 Å². The molecular weight excluding hydrogens is 368 g/mol. The molecule has 0 saturated heterocycles. The monoisotopic (exact) mass is 376 g/mol. The van der Waals surface area contributed by atoms with Crippen molar-refractivity contribution in [3.05, 3.63) is 62.1 Å². The Labute approximate surface area is 139 Å². The molecule has 116 valence electrons. The molecule has 0 saturated carbocycles. The minimum Gasteiger partial charge on any atom is -0.493 e. The zero-order valence-corrected chi connectivity index (χ0v) is 13.4. The molecule has 0 aliphatic carbocycles. The topological polar surface area (TPSA) is 102 Å². The van der Waals surface area contributed by atoms with E-state index < -0.39 is 10.9 Å². The third-order valence-corrected chi connectivity index (χ3v) is 3.46. The molecule has 0 aliphatic rings. The Morgan fingerprint density at radius 1 is 1.30 bits per heavy atom. The minimum absolute atomic E-state index is 0.120. The van der Waals surface area contributed by atoms with Crippen LogP contribution in [0.5, 0.6) is 11.5 Å². The lowest BCUT2D eigenvalue weighted by molar-refractivity contribution is -0.384. The maximum atomic E-state index is 12.1. The van der Waals surface area contributed by atoms with Crippen LogP contribution in [-0.2, 0) is 0 Å². The van der Waals surface area contributed by atoms with E-state index in [0.717, 1.165) is 0 Å². The van der Waals surface area contributed by atoms with Crippen LogP contribution < -0.4 is 9.47 Å². The summed E-state index contributed by atoms with van der Waals surface area (Å²) in [6, 6.07) is 9.89. The number of halogens is 1. The fourth-order valence-corrected chi connectivity index (χ4v) is 2.28. The first-order chi connectivity index (χ1) is 11.0. The largest absolute Gasteiger partial charge is 0.493 e. The second-order valence-corrected chi connectivity index (χ2v) is 5.15. The van der Waals surface area contributed by atoms with Crippen LogP contribution in [0, 0.1) is 21.4 Å². The summed E-state index contributed by atoms with van der Waals surface area (Å²) in [5, 5.41) is 19.5. The molecule has 2 rings (SSSR count). The number of esters is 1. The number of carbonyl (C=O) groups is 1. The first kappa shape index (κ1) is 16.5. The molecule has 0 fully saturated rings. The number of non-ortho nitro benzene ring substituents is 1. The van der Waals surface area contributed by atoms with E-state index >= 15 is 0 Å². The van der Waals surface area contributed by atoms with Gasteiger partial charge in [-0.15, -0.1) is 0 Å². The number of nitriles is 1. The number of methoxy groups -OCH3 is 1. The smallest absolute Gasteiger partial charge is 0.343 e. The number of nitro groups is 1. The van der Waals surface area contributed by atoms with Crippen molar-refractivity contribution < 1.29 is 19.2 Å². The Bertz CT molecular complexity index is 812. The van der Waals surface area contributed by atoms with E-state index in [1.54, 1.807) is 0 Å². The zero-order chi connectivity index (χ0) is 17.0. The van der Waals surface area contributed by atoms with Crippen LogP contribution in [0.2, 0.25) is 0 Å². The summed E-state index contributed by atoms with van der Waals surface area (Å²) in [4.78, 5) is 22.2. The summed E-state index contributed by atoms with van der Waals surface area (Å²) in [6.07, 6.45) is 0. The van der Waals surface area contributed by atoms with E-state index in [4.69, 9.17) is 14.7 Å². The average Bonchev–Trinajstić information content (AvgIpc) is 2.56. The molecule has 0 aromatic heterocycles. The molecule has 8 heteroatoms. The number of carbonyl (C=O) groups excluding carboxylic acids is 1. The van der Waals surface area contributed by atoms with Crippen molar-refractivity contribution in [2.24, 2.45) is 0 Å². The van der Waals surface area contributed by atoms with Gasteiger partial charge in [0.2, 0.25) is 0 Å². The quantitative estimate of drug-likeness (QED) is 0.350. The molecule has 2 aromatic rings. The van der Waals surface area contributed by atoms with E-state index in [2.05, 4.69) is 15.9 Å². The van der Waals surface area contributed by atoms with Crippen molar-refractivity contribution >= 4 is 27.6 Å². The zero-order valence-electron chi connectivity index (χ0n) is 11.8. The number of hydrogen-bond acceptors (Lipinski definition) is 6. The van der Waals surface area contributed by atoms with Crippen molar-refractivity contribution in [1.29, 1.82) is 5.26 Å². The number of rotatable bonds is 4. The molecule has 7 nitrogen and oxygen atoms in total. The molecular formula is C15H9BrN2O5. The fourth-order valence-electron chi connectivity index (χ4n) is 1.75. The van der Waals surface area contributed by atoms with Crippen molar-refractivity contribution in [1.82, 2.24) is 0 Å². The SMILES string of the molecule is COc1cc(C#N)cc(Br)c1OC(=O)c1ccc([N+](=O)[O-])cc1. The van der Waals surface area contributed by atoms with E-state index in [9.17, 15) is 14.9 Å². The first-order valence-corrected chi connectivity index (χ1v) is 7.00. The van der Waals surface area contributed by atoms with Crippen LogP contribution in [0.15, 0.2) is 40.9 Å². The van der Waals surface area contributed by atoms with Gasteiger partial charge in [-0.05, 0) is 34.1 Å². The molecule has 0 N–H and O–H groups in total. The number of hydrogen-bond donors (Lipinski definition) is 0.